The Hall–Kier alpha value is -1.51. The molecular formula is C14H17NO2. The molecule has 0 bridgehead atoms. The maximum absolute atomic E-state index is 11.2. The van der Waals surface area contributed by atoms with Crippen molar-refractivity contribution in [2.75, 3.05) is 0 Å². The second-order valence-electron chi connectivity index (χ2n) is 5.93. The Morgan fingerprint density at radius 3 is 2.82 bits per heavy atom. The number of carbonyl (C=O) groups is 1. The van der Waals surface area contributed by atoms with Crippen LogP contribution in [-0.4, -0.2) is 12.2 Å². The van der Waals surface area contributed by atoms with Crippen LogP contribution in [0.15, 0.2) is 18.2 Å². The quantitative estimate of drug-likeness (QED) is 0.745. The number of hydrogen-bond acceptors (Lipinski definition) is 2. The summed E-state index contributed by atoms with van der Waals surface area (Å²) in [6, 6.07) is 6.63. The van der Waals surface area contributed by atoms with E-state index in [-0.39, 0.29) is 23.7 Å². The van der Waals surface area contributed by atoms with Gasteiger partial charge in [0.15, 0.2) is 0 Å². The molecule has 1 aromatic carbocycles. The van der Waals surface area contributed by atoms with Gasteiger partial charge in [0.2, 0.25) is 0 Å². The third-order valence-electron chi connectivity index (χ3n) is 3.67. The highest BCUT2D eigenvalue weighted by Crippen LogP contribution is 2.38. The third-order valence-corrected chi connectivity index (χ3v) is 3.67. The number of carbonyl (C=O) groups excluding carboxylic acids is 1. The summed E-state index contributed by atoms with van der Waals surface area (Å²) in [4.78, 5) is 11.2. The molecule has 3 heteroatoms. The molecule has 0 aromatic heterocycles. The highest BCUT2D eigenvalue weighted by Gasteiger charge is 2.41. The van der Waals surface area contributed by atoms with Crippen molar-refractivity contribution in [1.82, 2.24) is 5.32 Å². The number of rotatable bonds is 0. The molecule has 0 spiro atoms. The first-order valence-corrected chi connectivity index (χ1v) is 6.05. The summed E-state index contributed by atoms with van der Waals surface area (Å²) in [5, 5.41) is 2.89. The van der Waals surface area contributed by atoms with Crippen molar-refractivity contribution in [2.24, 2.45) is 0 Å². The predicted octanol–water partition coefficient (Wildman–Crippen LogP) is 2.69. The Balaban J connectivity index is 2.02. The number of amides is 1. The fourth-order valence-electron chi connectivity index (χ4n) is 2.65. The molecule has 1 aliphatic heterocycles. The van der Waals surface area contributed by atoms with Crippen LogP contribution in [0, 0.1) is 0 Å². The van der Waals surface area contributed by atoms with E-state index in [1.54, 1.807) is 0 Å². The van der Waals surface area contributed by atoms with E-state index in [1.807, 2.05) is 0 Å². The topological polar surface area (TPSA) is 38.3 Å². The van der Waals surface area contributed by atoms with Crippen LogP contribution in [-0.2, 0) is 16.6 Å². The molecule has 1 unspecified atom stereocenters. The van der Waals surface area contributed by atoms with Gasteiger partial charge in [0.05, 0.1) is 6.04 Å². The SMILES string of the molecule is CC(C)(C)c1ccc2c(c1)[C@H]1NC(=O)OC1C2. The Morgan fingerprint density at radius 1 is 1.35 bits per heavy atom. The molecule has 1 aromatic rings. The molecule has 1 amide bonds. The normalized spacial score (nSPS) is 26.2. The largest absolute Gasteiger partial charge is 0.443 e. The number of ether oxygens (including phenoxy) is 1. The van der Waals surface area contributed by atoms with E-state index in [2.05, 4.69) is 44.3 Å². The van der Waals surface area contributed by atoms with Crippen LogP contribution in [0.1, 0.15) is 43.5 Å². The van der Waals surface area contributed by atoms with Crippen molar-refractivity contribution in [1.29, 1.82) is 0 Å². The Morgan fingerprint density at radius 2 is 2.12 bits per heavy atom. The summed E-state index contributed by atoms with van der Waals surface area (Å²) < 4.78 is 5.24. The van der Waals surface area contributed by atoms with Gasteiger partial charge in [0.1, 0.15) is 6.10 Å². The molecule has 1 fully saturated rings. The second kappa shape index (κ2) is 3.25. The Kier molecular flexibility index (Phi) is 2.03. The van der Waals surface area contributed by atoms with Gasteiger partial charge in [-0.25, -0.2) is 4.79 Å². The summed E-state index contributed by atoms with van der Waals surface area (Å²) >= 11 is 0. The van der Waals surface area contributed by atoms with Crippen molar-refractivity contribution in [3.63, 3.8) is 0 Å². The van der Waals surface area contributed by atoms with E-state index in [1.165, 1.54) is 16.7 Å². The molecule has 1 aliphatic carbocycles. The minimum absolute atomic E-state index is 0.00674. The minimum Gasteiger partial charge on any atom is -0.443 e. The van der Waals surface area contributed by atoms with Crippen molar-refractivity contribution >= 4 is 6.09 Å². The van der Waals surface area contributed by atoms with E-state index in [0.717, 1.165) is 6.42 Å². The van der Waals surface area contributed by atoms with Crippen molar-refractivity contribution in [3.8, 4) is 0 Å². The molecule has 2 atom stereocenters. The summed E-state index contributed by atoms with van der Waals surface area (Å²) in [7, 11) is 0. The highest BCUT2D eigenvalue weighted by atomic mass is 16.6. The van der Waals surface area contributed by atoms with Crippen LogP contribution in [0.2, 0.25) is 0 Å². The molecule has 1 heterocycles. The van der Waals surface area contributed by atoms with E-state index in [9.17, 15) is 4.79 Å². The number of benzene rings is 1. The summed E-state index contributed by atoms with van der Waals surface area (Å²) in [5.74, 6) is 0. The number of fused-ring (bicyclic) bond motifs is 3. The molecular weight excluding hydrogens is 214 g/mol. The lowest BCUT2D eigenvalue weighted by Gasteiger charge is -2.20. The molecule has 2 aliphatic rings. The smallest absolute Gasteiger partial charge is 0.408 e. The van der Waals surface area contributed by atoms with Crippen LogP contribution in [0.25, 0.3) is 0 Å². The van der Waals surface area contributed by atoms with Gasteiger partial charge in [0, 0.05) is 6.42 Å². The van der Waals surface area contributed by atoms with Crippen LogP contribution in [0.5, 0.6) is 0 Å². The standard InChI is InChI=1S/C14H17NO2/c1-14(2,3)9-5-4-8-6-11-12(10(8)7-9)15-13(16)17-11/h4-5,7,11-12H,6H2,1-3H3,(H,15,16)/t11?,12-/m1/s1. The van der Waals surface area contributed by atoms with Crippen molar-refractivity contribution < 1.29 is 9.53 Å². The van der Waals surface area contributed by atoms with Crippen LogP contribution >= 0.6 is 0 Å². The van der Waals surface area contributed by atoms with Crippen molar-refractivity contribution in [2.45, 2.75) is 44.8 Å². The van der Waals surface area contributed by atoms with Crippen LogP contribution in [0.4, 0.5) is 4.79 Å². The van der Waals surface area contributed by atoms with Gasteiger partial charge in [-0.15, -0.1) is 0 Å². The summed E-state index contributed by atoms with van der Waals surface area (Å²) in [5.41, 5.74) is 3.97. The molecule has 3 rings (SSSR count). The second-order valence-corrected chi connectivity index (χ2v) is 5.93. The zero-order chi connectivity index (χ0) is 12.2. The number of alkyl carbamates (subject to hydrolysis) is 1. The first-order valence-electron chi connectivity index (χ1n) is 6.05. The maximum atomic E-state index is 11.2. The lowest BCUT2D eigenvalue weighted by Crippen LogP contribution is -2.19. The van der Waals surface area contributed by atoms with Crippen LogP contribution in [0.3, 0.4) is 0 Å². The molecule has 0 radical (unpaired) electrons. The molecule has 0 saturated carbocycles. The zero-order valence-electron chi connectivity index (χ0n) is 10.4. The number of nitrogens with one attached hydrogen (secondary N) is 1. The van der Waals surface area contributed by atoms with E-state index in [0.29, 0.717) is 0 Å². The summed E-state index contributed by atoms with van der Waals surface area (Å²) in [6.07, 6.45) is 0.544. The maximum Gasteiger partial charge on any atom is 0.408 e. The van der Waals surface area contributed by atoms with Gasteiger partial charge < -0.3 is 10.1 Å². The van der Waals surface area contributed by atoms with Gasteiger partial charge in [-0.1, -0.05) is 39.0 Å². The van der Waals surface area contributed by atoms with Gasteiger partial charge in [0.25, 0.3) is 0 Å². The first-order chi connectivity index (χ1) is 7.95. The number of hydrogen-bond donors (Lipinski definition) is 1. The fourth-order valence-corrected chi connectivity index (χ4v) is 2.65. The lowest BCUT2D eigenvalue weighted by molar-refractivity contribution is 0.136. The average molecular weight is 231 g/mol. The summed E-state index contributed by atoms with van der Waals surface area (Å²) in [6.45, 7) is 6.60. The van der Waals surface area contributed by atoms with E-state index in [4.69, 9.17) is 4.74 Å². The van der Waals surface area contributed by atoms with Gasteiger partial charge in [-0.05, 0) is 22.1 Å². The minimum atomic E-state index is -0.285. The molecule has 90 valence electrons. The van der Waals surface area contributed by atoms with E-state index >= 15 is 0 Å². The van der Waals surface area contributed by atoms with Crippen LogP contribution < -0.4 is 5.32 Å². The molecule has 3 nitrogen and oxygen atoms in total. The van der Waals surface area contributed by atoms with Gasteiger partial charge in [-0.2, -0.15) is 0 Å². The molecule has 17 heavy (non-hydrogen) atoms. The lowest BCUT2D eigenvalue weighted by atomic mass is 9.85. The molecule has 1 N–H and O–H groups in total. The fraction of sp³-hybridized carbons (Fsp3) is 0.500. The monoisotopic (exact) mass is 231 g/mol. The first kappa shape index (κ1) is 10.6. The average Bonchev–Trinajstić information content (AvgIpc) is 2.71. The van der Waals surface area contributed by atoms with Gasteiger partial charge >= 0.3 is 6.09 Å². The van der Waals surface area contributed by atoms with E-state index < -0.39 is 0 Å². The Labute approximate surface area is 101 Å². The molecule has 1 saturated heterocycles. The highest BCUT2D eigenvalue weighted by molar-refractivity contribution is 5.72. The van der Waals surface area contributed by atoms with Gasteiger partial charge in [-0.3, -0.25) is 0 Å². The zero-order valence-corrected chi connectivity index (χ0v) is 10.4. The predicted molar refractivity (Wildman–Crippen MR) is 65.0 cm³/mol. The van der Waals surface area contributed by atoms with Crippen molar-refractivity contribution in [3.05, 3.63) is 34.9 Å². The third kappa shape index (κ3) is 1.61. The Bertz CT molecular complexity index is 487.